The largest absolute Gasteiger partial charge is 0.352 e. The Morgan fingerprint density at radius 1 is 1.23 bits per heavy atom. The van der Waals surface area contributed by atoms with E-state index in [2.05, 4.69) is 15.6 Å². The van der Waals surface area contributed by atoms with Crippen molar-refractivity contribution in [1.82, 2.24) is 14.9 Å². The highest BCUT2D eigenvalue weighted by atomic mass is 35.5. The number of hydrogen-bond donors (Lipinski definition) is 2. The van der Waals surface area contributed by atoms with Gasteiger partial charge in [0.05, 0.1) is 16.7 Å². The number of carbonyl (C=O) groups is 2. The second-order valence-electron chi connectivity index (χ2n) is 5.68. The smallest absolute Gasteiger partial charge is 0.251 e. The van der Waals surface area contributed by atoms with E-state index in [-0.39, 0.29) is 30.5 Å². The van der Waals surface area contributed by atoms with Gasteiger partial charge < -0.3 is 15.2 Å². The van der Waals surface area contributed by atoms with Crippen LogP contribution in [-0.2, 0) is 11.8 Å². The maximum atomic E-state index is 13.5. The quantitative estimate of drug-likeness (QED) is 0.720. The first kappa shape index (κ1) is 17.9. The minimum absolute atomic E-state index is 0.0276. The predicted molar refractivity (Wildman–Crippen MR) is 97.7 cm³/mol. The average molecular weight is 375 g/mol. The number of nitrogens with zero attached hydrogens (tertiary/aromatic N) is 2. The molecule has 0 saturated heterocycles. The minimum atomic E-state index is -0.506. The molecule has 26 heavy (non-hydrogen) atoms. The number of fused-ring (bicyclic) bond motifs is 1. The fourth-order valence-corrected chi connectivity index (χ4v) is 2.65. The van der Waals surface area contributed by atoms with Gasteiger partial charge in [0, 0.05) is 25.6 Å². The number of aryl methyl sites for hydroxylation is 1. The van der Waals surface area contributed by atoms with Gasteiger partial charge in [0.25, 0.3) is 5.91 Å². The SMILES string of the molecule is Cn1c(Cl)nc2ccc(C(=O)NCCC(=O)Nc3ccccc3F)cc21. The number of anilines is 1. The molecule has 1 heterocycles. The lowest BCUT2D eigenvalue weighted by Gasteiger charge is -2.08. The van der Waals surface area contributed by atoms with Crippen LogP contribution in [0, 0.1) is 5.82 Å². The number of hydrogen-bond acceptors (Lipinski definition) is 3. The van der Waals surface area contributed by atoms with Gasteiger partial charge in [-0.2, -0.15) is 0 Å². The molecule has 8 heteroatoms. The molecule has 0 radical (unpaired) electrons. The van der Waals surface area contributed by atoms with Gasteiger partial charge in [0.1, 0.15) is 5.82 Å². The summed E-state index contributed by atoms with van der Waals surface area (Å²) in [4.78, 5) is 28.2. The molecular weight excluding hydrogens is 359 g/mol. The summed E-state index contributed by atoms with van der Waals surface area (Å²) >= 11 is 5.96. The van der Waals surface area contributed by atoms with Crippen LogP contribution in [0.3, 0.4) is 0 Å². The van der Waals surface area contributed by atoms with Crippen molar-refractivity contribution >= 4 is 40.1 Å². The lowest BCUT2D eigenvalue weighted by Crippen LogP contribution is -2.27. The van der Waals surface area contributed by atoms with E-state index in [4.69, 9.17) is 11.6 Å². The van der Waals surface area contributed by atoms with Crippen molar-refractivity contribution in [2.75, 3.05) is 11.9 Å². The summed E-state index contributed by atoms with van der Waals surface area (Å²) in [5, 5.41) is 5.47. The number of halogens is 2. The van der Waals surface area contributed by atoms with Gasteiger partial charge in [-0.05, 0) is 41.9 Å². The molecule has 2 N–H and O–H groups in total. The minimum Gasteiger partial charge on any atom is -0.352 e. The van der Waals surface area contributed by atoms with Crippen molar-refractivity contribution in [3.8, 4) is 0 Å². The van der Waals surface area contributed by atoms with E-state index >= 15 is 0 Å². The summed E-state index contributed by atoms with van der Waals surface area (Å²) in [7, 11) is 1.76. The van der Waals surface area contributed by atoms with Crippen molar-refractivity contribution in [1.29, 1.82) is 0 Å². The highest BCUT2D eigenvalue weighted by Crippen LogP contribution is 2.19. The summed E-state index contributed by atoms with van der Waals surface area (Å²) in [5.41, 5.74) is 1.98. The molecule has 0 spiro atoms. The number of nitrogens with one attached hydrogen (secondary N) is 2. The third-order valence-corrected chi connectivity index (χ3v) is 4.21. The molecule has 0 atom stereocenters. The average Bonchev–Trinajstić information content (AvgIpc) is 2.91. The van der Waals surface area contributed by atoms with Crippen LogP contribution in [0.4, 0.5) is 10.1 Å². The fraction of sp³-hybridized carbons (Fsp3) is 0.167. The molecule has 134 valence electrons. The van der Waals surface area contributed by atoms with E-state index in [9.17, 15) is 14.0 Å². The zero-order valence-electron chi connectivity index (χ0n) is 13.9. The number of benzene rings is 2. The molecule has 0 aliphatic rings. The molecule has 0 aliphatic carbocycles. The Bertz CT molecular complexity index is 986. The van der Waals surface area contributed by atoms with Crippen LogP contribution in [0.25, 0.3) is 11.0 Å². The maximum Gasteiger partial charge on any atom is 0.251 e. The van der Waals surface area contributed by atoms with Crippen LogP contribution in [-0.4, -0.2) is 27.9 Å². The van der Waals surface area contributed by atoms with E-state index in [0.29, 0.717) is 16.4 Å². The molecule has 2 amide bonds. The van der Waals surface area contributed by atoms with Gasteiger partial charge in [-0.3, -0.25) is 9.59 Å². The van der Waals surface area contributed by atoms with Gasteiger partial charge >= 0.3 is 0 Å². The lowest BCUT2D eigenvalue weighted by molar-refractivity contribution is -0.116. The summed E-state index contributed by atoms with van der Waals surface area (Å²) < 4.78 is 15.2. The van der Waals surface area contributed by atoms with E-state index in [1.54, 1.807) is 35.9 Å². The zero-order valence-corrected chi connectivity index (χ0v) is 14.7. The molecule has 3 rings (SSSR count). The molecule has 0 unspecified atom stereocenters. The van der Waals surface area contributed by atoms with E-state index in [1.165, 1.54) is 18.2 Å². The van der Waals surface area contributed by atoms with Crippen LogP contribution in [0.15, 0.2) is 42.5 Å². The number of para-hydroxylation sites is 1. The number of imidazole rings is 1. The van der Waals surface area contributed by atoms with Gasteiger partial charge in [-0.15, -0.1) is 0 Å². The number of amides is 2. The lowest BCUT2D eigenvalue weighted by atomic mass is 10.2. The summed E-state index contributed by atoms with van der Waals surface area (Å²) in [5.74, 6) is -1.21. The fourth-order valence-electron chi connectivity index (χ4n) is 2.47. The Kier molecular flexibility index (Phi) is 5.18. The normalized spacial score (nSPS) is 10.7. The molecule has 0 bridgehead atoms. The highest BCUT2D eigenvalue weighted by molar-refractivity contribution is 6.29. The van der Waals surface area contributed by atoms with Crippen LogP contribution < -0.4 is 10.6 Å². The molecule has 0 aliphatic heterocycles. The maximum absolute atomic E-state index is 13.5. The van der Waals surface area contributed by atoms with Gasteiger partial charge in [-0.25, -0.2) is 9.37 Å². The Hall–Kier alpha value is -2.93. The van der Waals surface area contributed by atoms with Crippen molar-refractivity contribution < 1.29 is 14.0 Å². The van der Waals surface area contributed by atoms with Crippen LogP contribution in [0.2, 0.25) is 5.28 Å². The number of rotatable bonds is 5. The first-order valence-corrected chi connectivity index (χ1v) is 8.28. The molecule has 3 aromatic rings. The number of carbonyl (C=O) groups excluding carboxylic acids is 2. The summed E-state index contributed by atoms with van der Waals surface area (Å²) in [6.07, 6.45) is 0.0276. The van der Waals surface area contributed by atoms with Crippen LogP contribution in [0.5, 0.6) is 0 Å². The second kappa shape index (κ2) is 7.53. The Balaban J connectivity index is 1.56. The molecule has 0 saturated carbocycles. The highest BCUT2D eigenvalue weighted by Gasteiger charge is 2.12. The van der Waals surface area contributed by atoms with Gasteiger partial charge in [0.2, 0.25) is 11.2 Å². The Morgan fingerprint density at radius 3 is 2.77 bits per heavy atom. The third-order valence-electron chi connectivity index (χ3n) is 3.87. The van der Waals surface area contributed by atoms with Crippen molar-refractivity contribution in [2.45, 2.75) is 6.42 Å². The third kappa shape index (κ3) is 3.83. The second-order valence-corrected chi connectivity index (χ2v) is 6.02. The van der Waals surface area contributed by atoms with Gasteiger partial charge in [0.15, 0.2) is 0 Å². The van der Waals surface area contributed by atoms with Crippen LogP contribution in [0.1, 0.15) is 16.8 Å². The van der Waals surface area contributed by atoms with Crippen molar-refractivity contribution in [3.05, 3.63) is 59.1 Å². The number of aromatic nitrogens is 2. The van der Waals surface area contributed by atoms with Gasteiger partial charge in [-0.1, -0.05) is 12.1 Å². The Labute approximate surface area is 154 Å². The summed E-state index contributed by atoms with van der Waals surface area (Å²) in [6.45, 7) is 0.128. The molecular formula is C18H16ClFN4O2. The monoisotopic (exact) mass is 374 g/mol. The zero-order chi connectivity index (χ0) is 18.7. The van der Waals surface area contributed by atoms with E-state index in [0.717, 1.165) is 5.52 Å². The van der Waals surface area contributed by atoms with Crippen LogP contribution >= 0.6 is 11.6 Å². The molecule has 6 nitrogen and oxygen atoms in total. The van der Waals surface area contributed by atoms with Crippen molar-refractivity contribution in [2.24, 2.45) is 7.05 Å². The standard InChI is InChI=1S/C18H16ClFN4O2/c1-24-15-10-11(6-7-14(15)23-18(24)19)17(26)21-9-8-16(25)22-13-5-3-2-4-12(13)20/h2-7,10H,8-9H2,1H3,(H,21,26)(H,22,25). The van der Waals surface area contributed by atoms with E-state index < -0.39 is 5.82 Å². The predicted octanol–water partition coefficient (Wildman–Crippen LogP) is 3.12. The molecule has 2 aromatic carbocycles. The van der Waals surface area contributed by atoms with Crippen molar-refractivity contribution in [3.63, 3.8) is 0 Å². The summed E-state index contributed by atoms with van der Waals surface area (Å²) in [6, 6.07) is 10.9. The van der Waals surface area contributed by atoms with E-state index in [1.807, 2.05) is 0 Å². The topological polar surface area (TPSA) is 76.0 Å². The first-order chi connectivity index (χ1) is 12.5. The molecule has 1 aromatic heterocycles. The first-order valence-electron chi connectivity index (χ1n) is 7.90. The molecule has 0 fully saturated rings. The Morgan fingerprint density at radius 2 is 2.00 bits per heavy atom.